The van der Waals surface area contributed by atoms with Crippen LogP contribution in [0.5, 0.6) is 0 Å². The molecule has 0 saturated carbocycles. The molecular formula is C12H8N3OY-. The Balaban J connectivity index is 0.00000108. The first-order valence-electron chi connectivity index (χ1n) is 4.82. The van der Waals surface area contributed by atoms with Crippen LogP contribution < -0.4 is 5.73 Å². The first-order valence-corrected chi connectivity index (χ1v) is 4.82. The summed E-state index contributed by atoms with van der Waals surface area (Å²) in [5.41, 5.74) is 8.06. The molecule has 4 nitrogen and oxygen atoms in total. The van der Waals surface area contributed by atoms with Gasteiger partial charge in [0.25, 0.3) is 0 Å². The zero-order chi connectivity index (χ0) is 11.0. The van der Waals surface area contributed by atoms with Crippen LogP contribution in [0, 0.1) is 6.26 Å². The minimum absolute atomic E-state index is 0. The van der Waals surface area contributed by atoms with Crippen LogP contribution in [-0.2, 0) is 32.7 Å². The molecule has 5 heteroatoms. The van der Waals surface area contributed by atoms with E-state index in [0.29, 0.717) is 16.9 Å². The first kappa shape index (κ1) is 12.2. The molecule has 0 fully saturated rings. The van der Waals surface area contributed by atoms with Gasteiger partial charge in [0.1, 0.15) is 12.0 Å². The Morgan fingerprint density at radius 3 is 2.65 bits per heavy atom. The van der Waals surface area contributed by atoms with Gasteiger partial charge in [-0.1, -0.05) is 41.5 Å². The second-order valence-corrected chi connectivity index (χ2v) is 3.38. The minimum Gasteiger partial charge on any atom is -0.541 e. The number of nitrogens with two attached hydrogens (primary N) is 1. The van der Waals surface area contributed by atoms with Gasteiger partial charge in [-0.3, -0.25) is 4.98 Å². The second-order valence-electron chi connectivity index (χ2n) is 3.38. The third-order valence-corrected chi connectivity index (χ3v) is 2.40. The maximum atomic E-state index is 5.81. The molecule has 2 heterocycles. The van der Waals surface area contributed by atoms with E-state index in [1.165, 1.54) is 6.33 Å². The molecule has 0 atom stereocenters. The summed E-state index contributed by atoms with van der Waals surface area (Å²) in [6.07, 6.45) is 4.19. The summed E-state index contributed by atoms with van der Waals surface area (Å²) in [6, 6.07) is 9.77. The van der Waals surface area contributed by atoms with E-state index in [1.807, 2.05) is 30.3 Å². The van der Waals surface area contributed by atoms with Gasteiger partial charge < -0.3 is 10.2 Å². The molecule has 0 saturated heterocycles. The SMILES string of the molecule is Nc1ncnc2o[c-]c(-c3ccccc3)c12.[Y]. The molecule has 0 aliphatic heterocycles. The van der Waals surface area contributed by atoms with E-state index in [0.717, 1.165) is 11.1 Å². The zero-order valence-electron chi connectivity index (χ0n) is 8.92. The standard InChI is InChI=1S/C12H8N3O.Y/c13-11-10-9(8-4-2-1-3-5-8)6-16-12(10)15-7-14-11;/h1-5,7H,(H2,13,14,15);/q-1;. The smallest absolute Gasteiger partial charge is 0.109 e. The molecule has 81 valence electrons. The van der Waals surface area contributed by atoms with Crippen molar-refractivity contribution < 1.29 is 37.1 Å². The van der Waals surface area contributed by atoms with Crippen LogP contribution in [0.25, 0.3) is 22.2 Å². The normalized spacial score (nSPS) is 10.1. The molecule has 3 aromatic rings. The number of aromatic nitrogens is 2. The average molecular weight is 299 g/mol. The third-order valence-electron chi connectivity index (χ3n) is 2.40. The number of hydrogen-bond acceptors (Lipinski definition) is 4. The van der Waals surface area contributed by atoms with Crippen LogP contribution in [0.2, 0.25) is 0 Å². The monoisotopic (exact) mass is 299 g/mol. The van der Waals surface area contributed by atoms with Gasteiger partial charge in [0.05, 0.1) is 5.82 Å². The van der Waals surface area contributed by atoms with Gasteiger partial charge in [0.2, 0.25) is 0 Å². The van der Waals surface area contributed by atoms with Crippen molar-refractivity contribution >= 4 is 16.9 Å². The van der Waals surface area contributed by atoms with E-state index in [9.17, 15) is 0 Å². The summed E-state index contributed by atoms with van der Waals surface area (Å²) in [7, 11) is 0. The molecular weight excluding hydrogens is 291 g/mol. The number of rotatable bonds is 1. The van der Waals surface area contributed by atoms with E-state index in [-0.39, 0.29) is 32.7 Å². The van der Waals surface area contributed by atoms with Crippen molar-refractivity contribution in [3.8, 4) is 11.1 Å². The van der Waals surface area contributed by atoms with E-state index in [1.54, 1.807) is 0 Å². The third kappa shape index (κ3) is 2.10. The van der Waals surface area contributed by atoms with Crippen molar-refractivity contribution in [2.75, 3.05) is 5.73 Å². The van der Waals surface area contributed by atoms with E-state index < -0.39 is 0 Å². The van der Waals surface area contributed by atoms with Gasteiger partial charge in [-0.2, -0.15) is 0 Å². The predicted octanol–water partition coefficient (Wildman–Crippen LogP) is 2.27. The van der Waals surface area contributed by atoms with E-state index >= 15 is 0 Å². The summed E-state index contributed by atoms with van der Waals surface area (Å²) in [5.74, 6) is 0.411. The summed E-state index contributed by atoms with van der Waals surface area (Å²) in [4.78, 5) is 7.95. The van der Waals surface area contributed by atoms with Crippen molar-refractivity contribution in [3.05, 3.63) is 42.9 Å². The Kier molecular flexibility index (Phi) is 3.55. The predicted molar refractivity (Wildman–Crippen MR) is 60.5 cm³/mol. The summed E-state index contributed by atoms with van der Waals surface area (Å²) in [5, 5.41) is 0.716. The van der Waals surface area contributed by atoms with Gasteiger partial charge in [0.15, 0.2) is 0 Å². The fraction of sp³-hybridized carbons (Fsp3) is 0. The van der Waals surface area contributed by atoms with Crippen molar-refractivity contribution in [2.45, 2.75) is 0 Å². The Morgan fingerprint density at radius 1 is 1.12 bits per heavy atom. The Labute approximate surface area is 123 Å². The van der Waals surface area contributed by atoms with Crippen molar-refractivity contribution in [1.29, 1.82) is 0 Å². The molecule has 0 aliphatic rings. The molecule has 1 radical (unpaired) electrons. The average Bonchev–Trinajstić information content (AvgIpc) is 2.75. The molecule has 2 aromatic heterocycles. The van der Waals surface area contributed by atoms with E-state index in [4.69, 9.17) is 10.2 Å². The van der Waals surface area contributed by atoms with Crippen molar-refractivity contribution in [3.63, 3.8) is 0 Å². The topological polar surface area (TPSA) is 64.9 Å². The van der Waals surface area contributed by atoms with Crippen LogP contribution in [0.15, 0.2) is 41.1 Å². The molecule has 0 aliphatic carbocycles. The Hall–Kier alpha value is -1.26. The van der Waals surface area contributed by atoms with Crippen LogP contribution in [0.4, 0.5) is 5.82 Å². The maximum absolute atomic E-state index is 5.81. The molecule has 2 N–H and O–H groups in total. The number of nitrogens with zero attached hydrogens (tertiary/aromatic N) is 2. The second kappa shape index (κ2) is 4.94. The summed E-state index contributed by atoms with van der Waals surface area (Å²) >= 11 is 0. The fourth-order valence-corrected chi connectivity index (χ4v) is 1.65. The number of furan rings is 1. The number of nitrogen functional groups attached to an aromatic ring is 1. The molecule has 3 rings (SSSR count). The zero-order valence-corrected chi connectivity index (χ0v) is 11.8. The van der Waals surface area contributed by atoms with Gasteiger partial charge in [-0.05, 0) is 5.39 Å². The fourth-order valence-electron chi connectivity index (χ4n) is 1.65. The van der Waals surface area contributed by atoms with Crippen molar-refractivity contribution in [2.24, 2.45) is 0 Å². The summed E-state index contributed by atoms with van der Waals surface area (Å²) in [6.45, 7) is 0. The molecule has 0 amide bonds. The van der Waals surface area contributed by atoms with Crippen molar-refractivity contribution in [1.82, 2.24) is 9.97 Å². The van der Waals surface area contributed by atoms with Crippen LogP contribution in [0.1, 0.15) is 0 Å². The summed E-state index contributed by atoms with van der Waals surface area (Å²) < 4.78 is 5.23. The molecule has 0 unspecified atom stereocenters. The van der Waals surface area contributed by atoms with Gasteiger partial charge in [0, 0.05) is 39.0 Å². The van der Waals surface area contributed by atoms with Crippen LogP contribution in [0.3, 0.4) is 0 Å². The van der Waals surface area contributed by atoms with Gasteiger partial charge in [-0.25, -0.2) is 4.98 Å². The quantitative estimate of drug-likeness (QED) is 0.700. The Bertz CT molecular complexity index is 637. The van der Waals surface area contributed by atoms with Gasteiger partial charge >= 0.3 is 0 Å². The molecule has 17 heavy (non-hydrogen) atoms. The number of hydrogen-bond donors (Lipinski definition) is 1. The number of fused-ring (bicyclic) bond motifs is 1. The van der Waals surface area contributed by atoms with Crippen LogP contribution >= 0.6 is 0 Å². The largest absolute Gasteiger partial charge is 0.541 e. The number of benzene rings is 1. The number of anilines is 1. The maximum Gasteiger partial charge on any atom is 0.109 e. The molecule has 1 aromatic carbocycles. The molecule has 0 spiro atoms. The van der Waals surface area contributed by atoms with Crippen LogP contribution in [-0.4, -0.2) is 9.97 Å². The minimum atomic E-state index is 0. The first-order chi connectivity index (χ1) is 7.86. The van der Waals surface area contributed by atoms with Gasteiger partial charge in [-0.15, -0.1) is 0 Å². The molecule has 0 bridgehead atoms. The van der Waals surface area contributed by atoms with E-state index in [2.05, 4.69) is 16.2 Å². The Morgan fingerprint density at radius 2 is 1.88 bits per heavy atom.